The van der Waals surface area contributed by atoms with Crippen LogP contribution in [0.5, 0.6) is 0 Å². The Morgan fingerprint density at radius 3 is 1.48 bits per heavy atom. The molecule has 2 rings (SSSR count). The van der Waals surface area contributed by atoms with Gasteiger partial charge in [0.1, 0.15) is 0 Å². The molecule has 0 aliphatic carbocycles. The van der Waals surface area contributed by atoms with Gasteiger partial charge in [0.2, 0.25) is 0 Å². The highest BCUT2D eigenvalue weighted by Gasteiger charge is 2.13. The first kappa shape index (κ1) is 21.1. The summed E-state index contributed by atoms with van der Waals surface area (Å²) in [6, 6.07) is 20.4. The third-order valence-electron chi connectivity index (χ3n) is 3.59. The Morgan fingerprint density at radius 1 is 0.704 bits per heavy atom. The van der Waals surface area contributed by atoms with Crippen LogP contribution in [0.4, 0.5) is 0 Å². The van der Waals surface area contributed by atoms with E-state index in [9.17, 15) is 0 Å². The van der Waals surface area contributed by atoms with Crippen LogP contribution >= 0.6 is 11.8 Å². The van der Waals surface area contributed by atoms with Gasteiger partial charge in [-0.15, -0.1) is 0 Å². The van der Waals surface area contributed by atoms with E-state index >= 15 is 0 Å². The monoisotopic (exact) mass is 378 g/mol. The predicted molar refractivity (Wildman–Crippen MR) is 114 cm³/mol. The lowest BCUT2D eigenvalue weighted by atomic mass is 10.2. The van der Waals surface area contributed by atoms with Crippen molar-refractivity contribution in [1.82, 2.24) is 0 Å². The van der Waals surface area contributed by atoms with Crippen molar-refractivity contribution in [2.45, 2.75) is 37.6 Å². The molecule has 0 saturated carbocycles. The second-order valence-corrected chi connectivity index (χ2v) is 6.81. The second-order valence-electron chi connectivity index (χ2n) is 5.68. The van der Waals surface area contributed by atoms with Crippen molar-refractivity contribution >= 4 is 11.8 Å². The van der Waals surface area contributed by atoms with Crippen LogP contribution in [0.1, 0.15) is 25.0 Å². The molecule has 2 unspecified atom stereocenters. The fourth-order valence-corrected chi connectivity index (χ4v) is 3.27. The maximum atomic E-state index is 5.76. The molecular weight excluding hydrogens is 352 g/mol. The summed E-state index contributed by atoms with van der Waals surface area (Å²) in [5.41, 5.74) is 1.91. The van der Waals surface area contributed by atoms with Crippen LogP contribution in [-0.4, -0.2) is 24.1 Å². The van der Waals surface area contributed by atoms with E-state index in [-0.39, 0.29) is 10.9 Å². The SMILES string of the molecule is CCOC(C#CCc1ccccc1)SC(C#CCc1ccccc1)OCC. The quantitative estimate of drug-likeness (QED) is 0.479. The lowest BCUT2D eigenvalue weighted by Crippen LogP contribution is -2.15. The van der Waals surface area contributed by atoms with Crippen molar-refractivity contribution in [3.63, 3.8) is 0 Å². The Hall–Kier alpha value is -2.17. The van der Waals surface area contributed by atoms with E-state index in [1.165, 1.54) is 22.9 Å². The summed E-state index contributed by atoms with van der Waals surface area (Å²) < 4.78 is 11.5. The lowest BCUT2D eigenvalue weighted by Gasteiger charge is -2.15. The number of hydrogen-bond donors (Lipinski definition) is 0. The smallest absolute Gasteiger partial charge is 0.167 e. The zero-order chi connectivity index (χ0) is 19.2. The topological polar surface area (TPSA) is 18.5 Å². The molecule has 0 fully saturated rings. The van der Waals surface area contributed by atoms with Gasteiger partial charge >= 0.3 is 0 Å². The molecule has 0 heterocycles. The van der Waals surface area contributed by atoms with Crippen LogP contribution in [0, 0.1) is 23.7 Å². The molecule has 2 atom stereocenters. The summed E-state index contributed by atoms with van der Waals surface area (Å²) >= 11 is 1.52. The molecule has 3 heteroatoms. The van der Waals surface area contributed by atoms with Crippen LogP contribution in [0.25, 0.3) is 0 Å². The summed E-state index contributed by atoms with van der Waals surface area (Å²) in [4.78, 5) is 0. The zero-order valence-electron chi connectivity index (χ0n) is 16.0. The standard InChI is InChI=1S/C24H26O2S/c1-3-25-23(19-11-17-21-13-7-5-8-14-21)27-24(26-4-2)20-12-18-22-15-9-6-10-16-22/h5-10,13-16,23-24H,3-4,17-18H2,1-2H3. The average molecular weight is 379 g/mol. The van der Waals surface area contributed by atoms with Crippen molar-refractivity contribution < 1.29 is 9.47 Å². The van der Waals surface area contributed by atoms with Crippen LogP contribution in [-0.2, 0) is 22.3 Å². The highest BCUT2D eigenvalue weighted by atomic mass is 32.2. The molecular formula is C24H26O2S. The minimum absolute atomic E-state index is 0.249. The lowest BCUT2D eigenvalue weighted by molar-refractivity contribution is 0.141. The first-order valence-electron chi connectivity index (χ1n) is 9.25. The molecule has 0 aliphatic heterocycles. The zero-order valence-corrected chi connectivity index (χ0v) is 16.8. The van der Waals surface area contributed by atoms with Gasteiger partial charge in [0.25, 0.3) is 0 Å². The molecule has 0 aliphatic rings. The first-order valence-corrected chi connectivity index (χ1v) is 10.2. The van der Waals surface area contributed by atoms with E-state index in [4.69, 9.17) is 9.47 Å². The highest BCUT2D eigenvalue weighted by molar-refractivity contribution is 8.00. The van der Waals surface area contributed by atoms with Gasteiger partial charge in [0.05, 0.1) is 0 Å². The minimum Gasteiger partial charge on any atom is -0.356 e. The van der Waals surface area contributed by atoms with Crippen molar-refractivity contribution in [3.05, 3.63) is 71.8 Å². The van der Waals surface area contributed by atoms with Gasteiger partial charge in [-0.25, -0.2) is 0 Å². The Kier molecular flexibility index (Phi) is 10.2. The Balaban J connectivity index is 1.95. The van der Waals surface area contributed by atoms with Crippen molar-refractivity contribution in [1.29, 1.82) is 0 Å². The molecule has 0 aromatic heterocycles. The van der Waals surface area contributed by atoms with Crippen molar-refractivity contribution in [3.8, 4) is 23.7 Å². The third kappa shape index (κ3) is 8.85. The highest BCUT2D eigenvalue weighted by Crippen LogP contribution is 2.19. The Bertz CT molecular complexity index is 699. The summed E-state index contributed by atoms with van der Waals surface area (Å²) in [5, 5.41) is 0. The van der Waals surface area contributed by atoms with E-state index < -0.39 is 0 Å². The van der Waals surface area contributed by atoms with Crippen molar-refractivity contribution in [2.24, 2.45) is 0 Å². The maximum absolute atomic E-state index is 5.76. The maximum Gasteiger partial charge on any atom is 0.167 e. The van der Waals surface area contributed by atoms with E-state index in [0.29, 0.717) is 26.1 Å². The molecule has 0 spiro atoms. The summed E-state index contributed by atoms with van der Waals surface area (Å²) in [5.74, 6) is 12.9. The van der Waals surface area contributed by atoms with E-state index in [0.717, 1.165) is 0 Å². The van der Waals surface area contributed by atoms with Crippen LogP contribution in [0.2, 0.25) is 0 Å². The van der Waals surface area contributed by atoms with E-state index in [2.05, 4.69) is 47.9 Å². The number of rotatable bonds is 8. The molecule has 0 bridgehead atoms. The molecule has 2 aromatic rings. The van der Waals surface area contributed by atoms with Gasteiger partial charge in [-0.05, 0) is 25.0 Å². The summed E-state index contributed by atoms with van der Waals surface area (Å²) in [6.45, 7) is 5.16. The molecule has 27 heavy (non-hydrogen) atoms. The first-order chi connectivity index (χ1) is 13.3. The Morgan fingerprint density at radius 2 is 1.11 bits per heavy atom. The van der Waals surface area contributed by atoms with Gasteiger partial charge in [0, 0.05) is 26.1 Å². The fraction of sp³-hybridized carbons (Fsp3) is 0.333. The minimum atomic E-state index is -0.249. The van der Waals surface area contributed by atoms with Gasteiger partial charge in [-0.1, -0.05) is 96.1 Å². The molecule has 2 aromatic carbocycles. The van der Waals surface area contributed by atoms with Crippen LogP contribution < -0.4 is 0 Å². The molecule has 0 saturated heterocycles. The Labute approximate surface area is 167 Å². The summed E-state index contributed by atoms with van der Waals surface area (Å²) in [6.07, 6.45) is 1.42. The average Bonchev–Trinajstić information content (AvgIpc) is 2.70. The van der Waals surface area contributed by atoms with Gasteiger partial charge in [0.15, 0.2) is 10.9 Å². The fourth-order valence-electron chi connectivity index (χ4n) is 2.31. The van der Waals surface area contributed by atoms with Crippen molar-refractivity contribution in [2.75, 3.05) is 13.2 Å². The number of thioether (sulfide) groups is 1. The second kappa shape index (κ2) is 13.1. The molecule has 0 radical (unpaired) electrons. The molecule has 0 N–H and O–H groups in total. The number of benzene rings is 2. The normalized spacial score (nSPS) is 12.2. The van der Waals surface area contributed by atoms with E-state index in [1.54, 1.807) is 0 Å². The van der Waals surface area contributed by atoms with Gasteiger partial charge in [-0.3, -0.25) is 0 Å². The molecule has 140 valence electrons. The molecule has 2 nitrogen and oxygen atoms in total. The number of hydrogen-bond acceptors (Lipinski definition) is 3. The van der Waals surface area contributed by atoms with Crippen LogP contribution in [0.15, 0.2) is 60.7 Å². The van der Waals surface area contributed by atoms with E-state index in [1.807, 2.05) is 50.2 Å². The predicted octanol–water partition coefficient (Wildman–Crippen LogP) is 4.94. The third-order valence-corrected chi connectivity index (χ3v) is 4.60. The largest absolute Gasteiger partial charge is 0.356 e. The summed E-state index contributed by atoms with van der Waals surface area (Å²) in [7, 11) is 0. The van der Waals surface area contributed by atoms with Gasteiger partial charge < -0.3 is 9.47 Å². The van der Waals surface area contributed by atoms with Crippen LogP contribution in [0.3, 0.4) is 0 Å². The van der Waals surface area contributed by atoms with Gasteiger partial charge in [-0.2, -0.15) is 0 Å². The molecule has 0 amide bonds. The number of ether oxygens (including phenoxy) is 2.